The third-order valence-corrected chi connectivity index (χ3v) is 3.74. The molecule has 16 heavy (non-hydrogen) atoms. The van der Waals surface area contributed by atoms with E-state index >= 15 is 0 Å². The Labute approximate surface area is 97.0 Å². The van der Waals surface area contributed by atoms with Crippen molar-refractivity contribution >= 4 is 0 Å². The largest absolute Gasteiger partial charge is 0.319 e. The molecule has 2 rings (SSSR count). The molecule has 90 valence electrons. The summed E-state index contributed by atoms with van der Waals surface area (Å²) in [6.45, 7) is 4.05. The van der Waals surface area contributed by atoms with Crippen LogP contribution in [0.1, 0.15) is 69.9 Å². The van der Waals surface area contributed by atoms with Crippen molar-refractivity contribution in [2.24, 2.45) is 5.73 Å². The third-order valence-electron chi connectivity index (χ3n) is 3.74. The van der Waals surface area contributed by atoms with Crippen molar-refractivity contribution in [3.63, 3.8) is 0 Å². The Morgan fingerprint density at radius 2 is 2.06 bits per heavy atom. The molecular weight excluding hydrogens is 200 g/mol. The molecule has 1 heterocycles. The highest BCUT2D eigenvalue weighted by molar-refractivity contribution is 5.06. The number of rotatable bonds is 3. The second kappa shape index (κ2) is 4.53. The summed E-state index contributed by atoms with van der Waals surface area (Å²) in [7, 11) is 0. The van der Waals surface area contributed by atoms with Gasteiger partial charge in [-0.3, -0.25) is 5.10 Å². The van der Waals surface area contributed by atoms with Crippen LogP contribution in [0, 0.1) is 0 Å². The van der Waals surface area contributed by atoms with Crippen LogP contribution in [0.25, 0.3) is 0 Å². The van der Waals surface area contributed by atoms with Crippen LogP contribution in [-0.2, 0) is 5.54 Å². The summed E-state index contributed by atoms with van der Waals surface area (Å²) in [5.41, 5.74) is 5.74. The Morgan fingerprint density at radius 3 is 2.69 bits per heavy atom. The van der Waals surface area contributed by atoms with Crippen LogP contribution in [0.2, 0.25) is 0 Å². The SMILES string of the molecule is CCC(C)(N)c1n[nH]c(C2CCCCC2)n1. The molecule has 1 aliphatic rings. The van der Waals surface area contributed by atoms with E-state index < -0.39 is 5.54 Å². The molecule has 1 fully saturated rings. The molecule has 4 heteroatoms. The lowest BCUT2D eigenvalue weighted by Gasteiger charge is -2.20. The highest BCUT2D eigenvalue weighted by atomic mass is 15.2. The van der Waals surface area contributed by atoms with E-state index in [0.29, 0.717) is 5.92 Å². The van der Waals surface area contributed by atoms with Gasteiger partial charge in [-0.15, -0.1) is 0 Å². The van der Waals surface area contributed by atoms with Crippen molar-refractivity contribution < 1.29 is 0 Å². The highest BCUT2D eigenvalue weighted by Gasteiger charge is 2.26. The van der Waals surface area contributed by atoms with E-state index in [2.05, 4.69) is 22.1 Å². The fraction of sp³-hybridized carbons (Fsp3) is 0.833. The summed E-state index contributed by atoms with van der Waals surface area (Å²) < 4.78 is 0. The van der Waals surface area contributed by atoms with Crippen LogP contribution in [0.3, 0.4) is 0 Å². The van der Waals surface area contributed by atoms with E-state index in [-0.39, 0.29) is 0 Å². The van der Waals surface area contributed by atoms with Crippen LogP contribution in [-0.4, -0.2) is 15.2 Å². The fourth-order valence-corrected chi connectivity index (χ4v) is 2.25. The van der Waals surface area contributed by atoms with Crippen molar-refractivity contribution in [3.8, 4) is 0 Å². The number of hydrogen-bond donors (Lipinski definition) is 2. The highest BCUT2D eigenvalue weighted by Crippen LogP contribution is 2.31. The molecule has 1 aromatic heterocycles. The van der Waals surface area contributed by atoms with Crippen LogP contribution in [0.4, 0.5) is 0 Å². The zero-order chi connectivity index (χ0) is 11.6. The van der Waals surface area contributed by atoms with Crippen LogP contribution in [0.5, 0.6) is 0 Å². The minimum Gasteiger partial charge on any atom is -0.319 e. The van der Waals surface area contributed by atoms with Gasteiger partial charge in [0.25, 0.3) is 0 Å². The van der Waals surface area contributed by atoms with E-state index in [1.807, 2.05) is 6.92 Å². The van der Waals surface area contributed by atoms with Gasteiger partial charge in [0.05, 0.1) is 5.54 Å². The van der Waals surface area contributed by atoms with Crippen LogP contribution >= 0.6 is 0 Å². The molecule has 0 bridgehead atoms. The first kappa shape index (κ1) is 11.6. The number of nitrogens with zero attached hydrogens (tertiary/aromatic N) is 2. The van der Waals surface area contributed by atoms with Crippen molar-refractivity contribution in [1.29, 1.82) is 0 Å². The van der Waals surface area contributed by atoms with E-state index in [4.69, 9.17) is 5.73 Å². The first-order valence-electron chi connectivity index (χ1n) is 6.35. The number of nitrogens with one attached hydrogen (secondary N) is 1. The summed E-state index contributed by atoms with van der Waals surface area (Å²) >= 11 is 0. The molecule has 3 N–H and O–H groups in total. The minimum atomic E-state index is -0.399. The molecule has 0 aliphatic heterocycles. The van der Waals surface area contributed by atoms with Gasteiger partial charge in [-0.25, -0.2) is 4.98 Å². The van der Waals surface area contributed by atoms with Crippen molar-refractivity contribution in [2.45, 2.75) is 63.8 Å². The van der Waals surface area contributed by atoms with E-state index in [1.54, 1.807) is 0 Å². The Balaban J connectivity index is 2.12. The number of aromatic nitrogens is 3. The number of hydrogen-bond acceptors (Lipinski definition) is 3. The molecule has 1 aromatic rings. The maximum absolute atomic E-state index is 6.14. The van der Waals surface area contributed by atoms with E-state index in [9.17, 15) is 0 Å². The standard InChI is InChI=1S/C12H22N4/c1-3-12(2,13)11-14-10(15-16-11)9-7-5-4-6-8-9/h9H,3-8,13H2,1-2H3,(H,14,15,16). The topological polar surface area (TPSA) is 67.6 Å². The van der Waals surface area contributed by atoms with E-state index in [1.165, 1.54) is 32.1 Å². The molecule has 0 aromatic carbocycles. The van der Waals surface area contributed by atoms with Crippen molar-refractivity contribution in [1.82, 2.24) is 15.2 Å². The predicted octanol–water partition coefficient (Wildman–Crippen LogP) is 2.44. The van der Waals surface area contributed by atoms with Crippen LogP contribution in [0.15, 0.2) is 0 Å². The summed E-state index contributed by atoms with van der Waals surface area (Å²) in [5.74, 6) is 2.37. The van der Waals surface area contributed by atoms with Gasteiger partial charge in [0.15, 0.2) is 5.82 Å². The average Bonchev–Trinajstić information content (AvgIpc) is 2.80. The molecule has 0 saturated heterocycles. The smallest absolute Gasteiger partial charge is 0.170 e. The Hall–Kier alpha value is -0.900. The molecule has 4 nitrogen and oxygen atoms in total. The van der Waals surface area contributed by atoms with Gasteiger partial charge in [0, 0.05) is 5.92 Å². The zero-order valence-electron chi connectivity index (χ0n) is 10.3. The second-order valence-electron chi connectivity index (χ2n) is 5.15. The first-order chi connectivity index (χ1) is 7.63. The number of H-pyrrole nitrogens is 1. The summed E-state index contributed by atoms with van der Waals surface area (Å²) in [6.07, 6.45) is 7.32. The molecular formula is C12H22N4. The fourth-order valence-electron chi connectivity index (χ4n) is 2.25. The van der Waals surface area contributed by atoms with Crippen molar-refractivity contribution in [3.05, 3.63) is 11.6 Å². The summed E-state index contributed by atoms with van der Waals surface area (Å²) in [4.78, 5) is 4.58. The first-order valence-corrected chi connectivity index (χ1v) is 6.35. The van der Waals surface area contributed by atoms with E-state index in [0.717, 1.165) is 18.1 Å². The monoisotopic (exact) mass is 222 g/mol. The van der Waals surface area contributed by atoms with Gasteiger partial charge in [-0.1, -0.05) is 26.2 Å². The number of aromatic amines is 1. The lowest BCUT2D eigenvalue weighted by molar-refractivity contribution is 0.425. The van der Waals surface area contributed by atoms with Gasteiger partial charge >= 0.3 is 0 Å². The van der Waals surface area contributed by atoms with Gasteiger partial charge < -0.3 is 5.73 Å². The van der Waals surface area contributed by atoms with Gasteiger partial charge in [0.1, 0.15) is 5.82 Å². The Bertz CT molecular complexity index is 337. The third kappa shape index (κ3) is 2.26. The number of nitrogens with two attached hydrogens (primary N) is 1. The molecule has 0 spiro atoms. The Morgan fingerprint density at radius 1 is 1.38 bits per heavy atom. The Kier molecular flexibility index (Phi) is 3.28. The molecule has 1 atom stereocenters. The quantitative estimate of drug-likeness (QED) is 0.825. The minimum absolute atomic E-state index is 0.399. The van der Waals surface area contributed by atoms with Gasteiger partial charge in [-0.05, 0) is 26.2 Å². The second-order valence-corrected chi connectivity index (χ2v) is 5.15. The zero-order valence-corrected chi connectivity index (χ0v) is 10.3. The molecule has 0 amide bonds. The van der Waals surface area contributed by atoms with Crippen molar-refractivity contribution in [2.75, 3.05) is 0 Å². The maximum atomic E-state index is 6.14. The molecule has 1 aliphatic carbocycles. The predicted molar refractivity (Wildman–Crippen MR) is 64.0 cm³/mol. The maximum Gasteiger partial charge on any atom is 0.170 e. The molecule has 1 saturated carbocycles. The summed E-state index contributed by atoms with van der Waals surface area (Å²) in [6, 6.07) is 0. The summed E-state index contributed by atoms with van der Waals surface area (Å²) in [5, 5.41) is 7.35. The lowest BCUT2D eigenvalue weighted by Crippen LogP contribution is -2.33. The van der Waals surface area contributed by atoms with Gasteiger partial charge in [-0.2, -0.15) is 5.10 Å². The van der Waals surface area contributed by atoms with Gasteiger partial charge in [0.2, 0.25) is 0 Å². The lowest BCUT2D eigenvalue weighted by atomic mass is 9.89. The normalized spacial score (nSPS) is 21.9. The average molecular weight is 222 g/mol. The molecule has 0 radical (unpaired) electrons. The molecule has 1 unspecified atom stereocenters. The van der Waals surface area contributed by atoms with Crippen LogP contribution < -0.4 is 5.73 Å².